The minimum atomic E-state index is -0.0200. The van der Waals surface area contributed by atoms with Crippen LogP contribution in [0.15, 0.2) is 36.4 Å². The summed E-state index contributed by atoms with van der Waals surface area (Å²) in [6.07, 6.45) is 0. The predicted molar refractivity (Wildman–Crippen MR) is 126 cm³/mol. The SMILES string of the molecule is CCOc1cccc2sc(N(CCN3CCOCC3)C(=O)c3ccc(C)c(C)c3)nc12. The van der Waals surface area contributed by atoms with Crippen LogP contribution in [0, 0.1) is 13.8 Å². The number of para-hydroxylation sites is 1. The first kappa shape index (κ1) is 21.7. The molecule has 0 N–H and O–H groups in total. The number of hydrogen-bond acceptors (Lipinski definition) is 6. The second-order valence-corrected chi connectivity index (χ2v) is 8.75. The summed E-state index contributed by atoms with van der Waals surface area (Å²) >= 11 is 1.53. The second kappa shape index (κ2) is 9.77. The Labute approximate surface area is 187 Å². The molecule has 0 spiro atoms. The van der Waals surface area contributed by atoms with Gasteiger partial charge in [-0.2, -0.15) is 0 Å². The van der Waals surface area contributed by atoms with E-state index in [0.29, 0.717) is 23.8 Å². The normalized spacial score (nSPS) is 14.7. The molecule has 2 aromatic carbocycles. The number of fused-ring (bicyclic) bond motifs is 1. The third-order valence-corrected chi connectivity index (χ3v) is 6.69. The zero-order valence-corrected chi connectivity index (χ0v) is 19.2. The van der Waals surface area contributed by atoms with Gasteiger partial charge in [0.2, 0.25) is 0 Å². The Morgan fingerprint density at radius 3 is 2.74 bits per heavy atom. The van der Waals surface area contributed by atoms with E-state index in [0.717, 1.165) is 54.4 Å². The summed E-state index contributed by atoms with van der Waals surface area (Å²) in [5, 5.41) is 0.707. The van der Waals surface area contributed by atoms with Crippen molar-refractivity contribution in [1.29, 1.82) is 0 Å². The highest BCUT2D eigenvalue weighted by Gasteiger charge is 2.24. The van der Waals surface area contributed by atoms with Crippen molar-refractivity contribution in [3.05, 3.63) is 53.1 Å². The zero-order valence-electron chi connectivity index (χ0n) is 18.4. The summed E-state index contributed by atoms with van der Waals surface area (Å²) in [7, 11) is 0. The molecule has 3 aromatic rings. The minimum Gasteiger partial charge on any atom is -0.492 e. The van der Waals surface area contributed by atoms with Crippen molar-refractivity contribution in [2.45, 2.75) is 20.8 Å². The highest BCUT2D eigenvalue weighted by molar-refractivity contribution is 7.22. The summed E-state index contributed by atoms with van der Waals surface area (Å²) in [5.74, 6) is 0.739. The van der Waals surface area contributed by atoms with Crippen LogP contribution in [0.25, 0.3) is 10.2 Å². The van der Waals surface area contributed by atoms with Crippen molar-refractivity contribution >= 4 is 32.6 Å². The molecule has 0 bridgehead atoms. The smallest absolute Gasteiger partial charge is 0.260 e. The van der Waals surface area contributed by atoms with Crippen molar-refractivity contribution < 1.29 is 14.3 Å². The molecule has 1 aliphatic heterocycles. The third-order valence-electron chi connectivity index (χ3n) is 5.64. The molecule has 0 unspecified atom stereocenters. The van der Waals surface area contributed by atoms with E-state index < -0.39 is 0 Å². The molecule has 1 saturated heterocycles. The molecule has 1 aliphatic rings. The quantitative estimate of drug-likeness (QED) is 0.550. The highest BCUT2D eigenvalue weighted by atomic mass is 32.1. The van der Waals surface area contributed by atoms with E-state index in [1.54, 1.807) is 0 Å². The molecule has 7 heteroatoms. The van der Waals surface area contributed by atoms with Gasteiger partial charge in [-0.3, -0.25) is 14.6 Å². The average Bonchev–Trinajstić information content (AvgIpc) is 3.21. The maximum absolute atomic E-state index is 13.6. The fourth-order valence-electron chi connectivity index (χ4n) is 3.68. The molecule has 1 fully saturated rings. The first-order valence-electron chi connectivity index (χ1n) is 10.8. The van der Waals surface area contributed by atoms with Crippen LogP contribution in [0.1, 0.15) is 28.4 Å². The molecule has 0 aliphatic carbocycles. The van der Waals surface area contributed by atoms with Gasteiger partial charge in [0.05, 0.1) is 24.5 Å². The van der Waals surface area contributed by atoms with E-state index in [1.807, 2.05) is 55.1 Å². The number of aryl methyl sites for hydroxylation is 2. The molecule has 164 valence electrons. The van der Waals surface area contributed by atoms with Crippen LogP contribution in [-0.2, 0) is 4.74 Å². The van der Waals surface area contributed by atoms with E-state index in [1.165, 1.54) is 16.9 Å². The van der Waals surface area contributed by atoms with Crippen molar-refractivity contribution in [3.63, 3.8) is 0 Å². The third kappa shape index (κ3) is 4.89. The molecule has 0 atom stereocenters. The van der Waals surface area contributed by atoms with Gasteiger partial charge in [0, 0.05) is 31.7 Å². The number of aromatic nitrogens is 1. The zero-order chi connectivity index (χ0) is 21.8. The summed E-state index contributed by atoms with van der Waals surface area (Å²) < 4.78 is 12.2. The monoisotopic (exact) mass is 439 g/mol. The van der Waals surface area contributed by atoms with Crippen molar-refractivity contribution in [1.82, 2.24) is 9.88 Å². The van der Waals surface area contributed by atoms with Crippen molar-refractivity contribution in [3.8, 4) is 5.75 Å². The lowest BCUT2D eigenvalue weighted by atomic mass is 10.1. The average molecular weight is 440 g/mol. The van der Waals surface area contributed by atoms with Crippen LogP contribution in [0.3, 0.4) is 0 Å². The number of nitrogens with zero attached hydrogens (tertiary/aromatic N) is 3. The fraction of sp³-hybridized carbons (Fsp3) is 0.417. The standard InChI is InChI=1S/C24H29N3O3S/c1-4-30-20-6-5-7-21-22(20)25-24(31-21)27(11-10-26-12-14-29-15-13-26)23(28)19-9-8-17(2)18(3)16-19/h5-9,16H,4,10-15H2,1-3H3. The highest BCUT2D eigenvalue weighted by Crippen LogP contribution is 2.35. The number of carbonyl (C=O) groups is 1. The van der Waals surface area contributed by atoms with Gasteiger partial charge in [0.15, 0.2) is 5.13 Å². The molecule has 0 radical (unpaired) electrons. The van der Waals surface area contributed by atoms with Crippen LogP contribution in [0.4, 0.5) is 5.13 Å². The Balaban J connectivity index is 1.67. The van der Waals surface area contributed by atoms with E-state index in [9.17, 15) is 4.79 Å². The second-order valence-electron chi connectivity index (χ2n) is 7.74. The van der Waals surface area contributed by atoms with Crippen LogP contribution in [0.5, 0.6) is 5.75 Å². The number of thiazole rings is 1. The lowest BCUT2D eigenvalue weighted by molar-refractivity contribution is 0.0391. The molecule has 0 saturated carbocycles. The molecular formula is C24H29N3O3S. The van der Waals surface area contributed by atoms with E-state index in [4.69, 9.17) is 14.5 Å². The van der Waals surface area contributed by atoms with Crippen molar-refractivity contribution in [2.24, 2.45) is 0 Å². The van der Waals surface area contributed by atoms with Gasteiger partial charge in [0.25, 0.3) is 5.91 Å². The Kier molecular flexibility index (Phi) is 6.85. The van der Waals surface area contributed by atoms with Crippen LogP contribution < -0.4 is 9.64 Å². The van der Waals surface area contributed by atoms with E-state index >= 15 is 0 Å². The van der Waals surface area contributed by atoms with E-state index in [-0.39, 0.29) is 5.91 Å². The molecule has 4 rings (SSSR count). The predicted octanol–water partition coefficient (Wildman–Crippen LogP) is 4.29. The Hall–Kier alpha value is -2.48. The molecule has 1 aromatic heterocycles. The van der Waals surface area contributed by atoms with Crippen LogP contribution in [-0.4, -0.2) is 61.8 Å². The topological polar surface area (TPSA) is 54.9 Å². The van der Waals surface area contributed by atoms with E-state index in [2.05, 4.69) is 11.8 Å². The number of morpholine rings is 1. The molecule has 1 amide bonds. The van der Waals surface area contributed by atoms with Gasteiger partial charge >= 0.3 is 0 Å². The summed E-state index contributed by atoms with van der Waals surface area (Å²) in [6.45, 7) is 11.3. The van der Waals surface area contributed by atoms with Gasteiger partial charge in [-0.1, -0.05) is 23.5 Å². The number of anilines is 1. The van der Waals surface area contributed by atoms with Gasteiger partial charge < -0.3 is 9.47 Å². The van der Waals surface area contributed by atoms with Crippen LogP contribution >= 0.6 is 11.3 Å². The van der Waals surface area contributed by atoms with Gasteiger partial charge in [-0.15, -0.1) is 0 Å². The number of rotatable bonds is 7. The summed E-state index contributed by atoms with van der Waals surface area (Å²) in [5.41, 5.74) is 3.79. The Bertz CT molecular complexity index is 1060. The van der Waals surface area contributed by atoms with Gasteiger partial charge in [0.1, 0.15) is 11.3 Å². The maximum atomic E-state index is 13.6. The lowest BCUT2D eigenvalue weighted by Crippen LogP contribution is -2.43. The largest absolute Gasteiger partial charge is 0.492 e. The molecule has 31 heavy (non-hydrogen) atoms. The van der Waals surface area contributed by atoms with Crippen LogP contribution in [0.2, 0.25) is 0 Å². The lowest BCUT2D eigenvalue weighted by Gasteiger charge is -2.29. The fourth-order valence-corrected chi connectivity index (χ4v) is 4.69. The molecule has 6 nitrogen and oxygen atoms in total. The number of benzene rings is 2. The minimum absolute atomic E-state index is 0.0200. The molecular weight excluding hydrogens is 410 g/mol. The number of amides is 1. The molecule has 2 heterocycles. The first-order chi connectivity index (χ1) is 15.1. The number of hydrogen-bond donors (Lipinski definition) is 0. The number of ether oxygens (including phenoxy) is 2. The van der Waals surface area contributed by atoms with Crippen molar-refractivity contribution in [2.75, 3.05) is 50.9 Å². The number of carbonyl (C=O) groups excluding carboxylic acids is 1. The maximum Gasteiger partial charge on any atom is 0.260 e. The summed E-state index contributed by atoms with van der Waals surface area (Å²) in [4.78, 5) is 22.6. The Morgan fingerprint density at radius 1 is 1.19 bits per heavy atom. The first-order valence-corrected chi connectivity index (χ1v) is 11.6. The summed E-state index contributed by atoms with van der Waals surface area (Å²) in [6, 6.07) is 11.8. The van der Waals surface area contributed by atoms with Gasteiger partial charge in [-0.25, -0.2) is 4.98 Å². The van der Waals surface area contributed by atoms with Gasteiger partial charge in [-0.05, 0) is 56.2 Å². The Morgan fingerprint density at radius 2 is 2.00 bits per heavy atom.